The molecule has 1 aromatic rings. The van der Waals surface area contributed by atoms with Crippen molar-refractivity contribution in [3.8, 4) is 0 Å². The Morgan fingerprint density at radius 2 is 1.92 bits per heavy atom. The van der Waals surface area contributed by atoms with Gasteiger partial charge in [-0.1, -0.05) is 42.7 Å². The van der Waals surface area contributed by atoms with Gasteiger partial charge in [0.05, 0.1) is 5.41 Å². The van der Waals surface area contributed by atoms with Crippen LogP contribution in [-0.4, -0.2) is 36.0 Å². The Bertz CT molecular complexity index is 583. The Morgan fingerprint density at radius 1 is 1.17 bits per heavy atom. The average Bonchev–Trinajstić information content (AvgIpc) is 3.11. The molecule has 3 nitrogen and oxygen atoms in total. The summed E-state index contributed by atoms with van der Waals surface area (Å²) in [5.74, 6) is 0.428. The van der Waals surface area contributed by atoms with Crippen LogP contribution in [0.2, 0.25) is 0 Å². The lowest BCUT2D eigenvalue weighted by molar-refractivity contribution is -0.140. The molecule has 0 radical (unpaired) electrons. The highest BCUT2D eigenvalue weighted by Gasteiger charge is 2.49. The van der Waals surface area contributed by atoms with Gasteiger partial charge in [-0.15, -0.1) is 12.4 Å². The molecule has 3 fully saturated rings. The van der Waals surface area contributed by atoms with Gasteiger partial charge in [-0.05, 0) is 51.1 Å². The van der Waals surface area contributed by atoms with E-state index in [2.05, 4.69) is 41.4 Å². The number of fused-ring (bicyclic) bond motifs is 2. The first-order chi connectivity index (χ1) is 11.2. The van der Waals surface area contributed by atoms with Crippen LogP contribution in [0.25, 0.3) is 0 Å². The number of carbonyl (C=O) groups excluding carboxylic acids is 1. The summed E-state index contributed by atoms with van der Waals surface area (Å²) >= 11 is 0. The Morgan fingerprint density at radius 3 is 2.67 bits per heavy atom. The highest BCUT2D eigenvalue weighted by molar-refractivity contribution is 5.89. The molecule has 3 aliphatic rings. The van der Waals surface area contributed by atoms with Crippen molar-refractivity contribution in [2.24, 2.45) is 0 Å². The molecule has 4 heteroatoms. The third kappa shape index (κ3) is 2.86. The molecule has 2 unspecified atom stereocenters. The molecule has 2 atom stereocenters. The van der Waals surface area contributed by atoms with Gasteiger partial charge in [0.25, 0.3) is 0 Å². The van der Waals surface area contributed by atoms with E-state index >= 15 is 0 Å². The number of nitrogens with zero attached hydrogens (tertiary/aromatic N) is 1. The fourth-order valence-electron chi connectivity index (χ4n) is 5.11. The molecule has 4 rings (SSSR count). The standard InChI is InChI=1S/C20H28N2O.ClH/c1-15-5-4-6-16(13-15)20(10-2-3-11-20)19(23)22-17-7-8-18(22)14-21-12-9-17;/h4-6,13,17-18,21H,2-3,7-12,14H2,1H3;1H. The quantitative estimate of drug-likeness (QED) is 0.886. The van der Waals surface area contributed by atoms with E-state index in [1.54, 1.807) is 0 Å². The molecule has 1 aromatic carbocycles. The molecule has 2 heterocycles. The van der Waals surface area contributed by atoms with Gasteiger partial charge in [-0.25, -0.2) is 0 Å². The lowest BCUT2D eigenvalue weighted by atomic mass is 9.76. The molecule has 0 aromatic heterocycles. The first kappa shape index (κ1) is 17.8. The molecule has 132 valence electrons. The molecular formula is C20H29ClN2O. The van der Waals surface area contributed by atoms with Crippen LogP contribution in [0.3, 0.4) is 0 Å². The second-order valence-electron chi connectivity index (χ2n) is 7.75. The van der Waals surface area contributed by atoms with Gasteiger partial charge >= 0.3 is 0 Å². The predicted octanol–water partition coefficient (Wildman–Crippen LogP) is 3.58. The highest BCUT2D eigenvalue weighted by atomic mass is 35.5. The monoisotopic (exact) mass is 348 g/mol. The third-order valence-corrected chi connectivity index (χ3v) is 6.33. The number of rotatable bonds is 2. The summed E-state index contributed by atoms with van der Waals surface area (Å²) in [5, 5.41) is 3.52. The van der Waals surface area contributed by atoms with E-state index in [0.29, 0.717) is 18.0 Å². The minimum absolute atomic E-state index is 0. The van der Waals surface area contributed by atoms with Gasteiger partial charge in [-0.2, -0.15) is 0 Å². The number of benzene rings is 1. The Balaban J connectivity index is 0.00000169. The molecule has 24 heavy (non-hydrogen) atoms. The zero-order valence-electron chi connectivity index (χ0n) is 14.6. The first-order valence-electron chi connectivity index (χ1n) is 9.31. The van der Waals surface area contributed by atoms with Crippen LogP contribution in [0.15, 0.2) is 24.3 Å². The molecule has 2 saturated heterocycles. The average molecular weight is 349 g/mol. The summed E-state index contributed by atoms with van der Waals surface area (Å²) < 4.78 is 0. The second kappa shape index (κ2) is 7.05. The maximum Gasteiger partial charge on any atom is 0.233 e. The Kier molecular flexibility index (Phi) is 5.22. The van der Waals surface area contributed by atoms with Crippen LogP contribution >= 0.6 is 12.4 Å². The van der Waals surface area contributed by atoms with Crippen molar-refractivity contribution in [1.82, 2.24) is 10.2 Å². The van der Waals surface area contributed by atoms with E-state index in [4.69, 9.17) is 0 Å². The third-order valence-electron chi connectivity index (χ3n) is 6.33. The summed E-state index contributed by atoms with van der Waals surface area (Å²) in [6.45, 7) is 4.17. The number of aryl methyl sites for hydroxylation is 1. The van der Waals surface area contributed by atoms with Crippen molar-refractivity contribution >= 4 is 18.3 Å². The number of halogens is 1. The largest absolute Gasteiger partial charge is 0.335 e. The molecule has 0 spiro atoms. The van der Waals surface area contributed by atoms with Crippen LogP contribution in [-0.2, 0) is 10.2 Å². The molecule has 1 N–H and O–H groups in total. The van der Waals surface area contributed by atoms with Crippen LogP contribution in [0.4, 0.5) is 0 Å². The van der Waals surface area contributed by atoms with Crippen LogP contribution < -0.4 is 5.32 Å². The van der Waals surface area contributed by atoms with E-state index < -0.39 is 0 Å². The fraction of sp³-hybridized carbons (Fsp3) is 0.650. The summed E-state index contributed by atoms with van der Waals surface area (Å²) in [7, 11) is 0. The number of hydrogen-bond donors (Lipinski definition) is 1. The van der Waals surface area contributed by atoms with E-state index in [1.165, 1.54) is 36.8 Å². The molecule has 2 bridgehead atoms. The summed E-state index contributed by atoms with van der Waals surface area (Å²) in [5.41, 5.74) is 2.27. The topological polar surface area (TPSA) is 32.3 Å². The zero-order valence-corrected chi connectivity index (χ0v) is 15.4. The molecule has 1 amide bonds. The maximum atomic E-state index is 13.7. The summed E-state index contributed by atoms with van der Waals surface area (Å²) in [4.78, 5) is 16.0. The van der Waals surface area contributed by atoms with E-state index in [-0.39, 0.29) is 17.8 Å². The van der Waals surface area contributed by atoms with Crippen LogP contribution in [0, 0.1) is 6.92 Å². The van der Waals surface area contributed by atoms with Crippen molar-refractivity contribution in [1.29, 1.82) is 0 Å². The van der Waals surface area contributed by atoms with Crippen molar-refractivity contribution in [2.45, 2.75) is 69.4 Å². The molecule has 1 aliphatic carbocycles. The van der Waals surface area contributed by atoms with Gasteiger partial charge in [0.15, 0.2) is 0 Å². The molecule has 2 aliphatic heterocycles. The maximum absolute atomic E-state index is 13.7. The predicted molar refractivity (Wildman–Crippen MR) is 99.7 cm³/mol. The Hall–Kier alpha value is -1.06. The Labute approximate surface area is 151 Å². The highest BCUT2D eigenvalue weighted by Crippen LogP contribution is 2.45. The van der Waals surface area contributed by atoms with Crippen molar-refractivity contribution < 1.29 is 4.79 Å². The van der Waals surface area contributed by atoms with Gasteiger partial charge in [0.2, 0.25) is 5.91 Å². The number of hydrogen-bond acceptors (Lipinski definition) is 2. The zero-order chi connectivity index (χ0) is 15.9. The first-order valence-corrected chi connectivity index (χ1v) is 9.31. The van der Waals surface area contributed by atoms with Crippen molar-refractivity contribution in [2.75, 3.05) is 13.1 Å². The van der Waals surface area contributed by atoms with E-state index in [0.717, 1.165) is 32.4 Å². The van der Waals surface area contributed by atoms with Gasteiger partial charge in [0, 0.05) is 18.6 Å². The van der Waals surface area contributed by atoms with Crippen molar-refractivity contribution in [3.05, 3.63) is 35.4 Å². The molecule has 1 saturated carbocycles. The number of amides is 1. The van der Waals surface area contributed by atoms with Gasteiger partial charge in [0.1, 0.15) is 0 Å². The lowest BCUT2D eigenvalue weighted by Gasteiger charge is -2.38. The van der Waals surface area contributed by atoms with E-state index in [1.807, 2.05) is 0 Å². The second-order valence-corrected chi connectivity index (χ2v) is 7.75. The smallest absolute Gasteiger partial charge is 0.233 e. The summed E-state index contributed by atoms with van der Waals surface area (Å²) in [6, 6.07) is 9.57. The fourth-order valence-corrected chi connectivity index (χ4v) is 5.11. The van der Waals surface area contributed by atoms with Crippen molar-refractivity contribution in [3.63, 3.8) is 0 Å². The van der Waals surface area contributed by atoms with Gasteiger partial charge in [-0.3, -0.25) is 4.79 Å². The number of nitrogens with one attached hydrogen (secondary N) is 1. The minimum atomic E-state index is -0.253. The minimum Gasteiger partial charge on any atom is -0.335 e. The summed E-state index contributed by atoms with van der Waals surface area (Å²) in [6.07, 6.45) is 7.90. The number of carbonyl (C=O) groups is 1. The van der Waals surface area contributed by atoms with Crippen LogP contribution in [0.1, 0.15) is 56.1 Å². The molecular weight excluding hydrogens is 320 g/mol. The normalized spacial score (nSPS) is 28.3. The lowest BCUT2D eigenvalue weighted by Crippen LogP contribution is -2.51. The SMILES string of the molecule is Cc1cccc(C2(C(=O)N3C4CCNCC3CC4)CCCC2)c1.Cl. The van der Waals surface area contributed by atoms with Crippen LogP contribution in [0.5, 0.6) is 0 Å². The van der Waals surface area contributed by atoms with Gasteiger partial charge < -0.3 is 10.2 Å². The van der Waals surface area contributed by atoms with E-state index in [9.17, 15) is 4.79 Å².